The minimum atomic E-state index is 0.220. The predicted molar refractivity (Wildman–Crippen MR) is 97.3 cm³/mol. The van der Waals surface area contributed by atoms with Crippen LogP contribution in [-0.2, 0) is 0 Å². The molecule has 114 valence electrons. The topological polar surface area (TPSA) is 38.9 Å². The van der Waals surface area contributed by atoms with E-state index in [2.05, 4.69) is 34.2 Å². The number of para-hydroxylation sites is 1. The Morgan fingerprint density at radius 3 is 2.50 bits per heavy atom. The van der Waals surface area contributed by atoms with Crippen LogP contribution in [0, 0.1) is 0 Å². The fourth-order valence-corrected chi connectivity index (χ4v) is 3.26. The molecule has 0 saturated heterocycles. The molecule has 0 radical (unpaired) electrons. The molecule has 3 aromatic carbocycles. The predicted octanol–water partition coefficient (Wildman–Crippen LogP) is 5.85. The van der Waals surface area contributed by atoms with E-state index in [1.54, 1.807) is 0 Å². The molecule has 5 aromatic rings. The molecule has 0 aliphatic rings. The van der Waals surface area contributed by atoms with Crippen molar-refractivity contribution >= 4 is 44.4 Å². The smallest absolute Gasteiger partial charge is 0.223 e. The number of hydrogen-bond donors (Lipinski definition) is 0. The molecule has 0 unspecified atom stereocenters. The number of benzene rings is 3. The highest BCUT2D eigenvalue weighted by Crippen LogP contribution is 2.35. The fourth-order valence-electron chi connectivity index (χ4n) is 3.10. The highest BCUT2D eigenvalue weighted by molar-refractivity contribution is 6.29. The second-order valence-corrected chi connectivity index (χ2v) is 6.02. The van der Waals surface area contributed by atoms with Gasteiger partial charge >= 0.3 is 0 Å². The molecule has 0 spiro atoms. The van der Waals surface area contributed by atoms with Gasteiger partial charge in [-0.3, -0.25) is 0 Å². The zero-order valence-electron chi connectivity index (χ0n) is 12.5. The van der Waals surface area contributed by atoms with Gasteiger partial charge in [-0.1, -0.05) is 48.5 Å². The van der Waals surface area contributed by atoms with Gasteiger partial charge in [-0.05, 0) is 40.6 Å². The van der Waals surface area contributed by atoms with Crippen LogP contribution in [0.4, 0.5) is 0 Å². The summed E-state index contributed by atoms with van der Waals surface area (Å²) in [7, 11) is 0. The Kier molecular flexibility index (Phi) is 2.84. The average Bonchev–Trinajstić information content (AvgIpc) is 2.99. The number of nitrogens with zero attached hydrogens (tertiary/aromatic N) is 2. The Morgan fingerprint density at radius 1 is 0.792 bits per heavy atom. The Bertz CT molecular complexity index is 1230. The fraction of sp³-hybridized carbons (Fsp3) is 0. The molecule has 0 amide bonds. The van der Waals surface area contributed by atoms with Gasteiger partial charge in [-0.2, -0.15) is 0 Å². The van der Waals surface area contributed by atoms with Crippen molar-refractivity contribution in [1.29, 1.82) is 0 Å². The highest BCUT2D eigenvalue weighted by atomic mass is 35.5. The van der Waals surface area contributed by atoms with Gasteiger partial charge < -0.3 is 4.42 Å². The summed E-state index contributed by atoms with van der Waals surface area (Å²) in [4.78, 5) is 8.81. The van der Waals surface area contributed by atoms with Crippen LogP contribution in [0.3, 0.4) is 0 Å². The second kappa shape index (κ2) is 5.05. The first-order valence-corrected chi connectivity index (χ1v) is 8.01. The van der Waals surface area contributed by atoms with Crippen LogP contribution in [0.2, 0.25) is 5.28 Å². The largest absolute Gasteiger partial charge is 0.452 e. The molecule has 2 aromatic heterocycles. The Balaban J connectivity index is 1.87. The monoisotopic (exact) mass is 330 g/mol. The number of rotatable bonds is 1. The molecule has 24 heavy (non-hydrogen) atoms. The lowest BCUT2D eigenvalue weighted by Gasteiger charge is -2.04. The van der Waals surface area contributed by atoms with Gasteiger partial charge in [0.2, 0.25) is 5.28 Å². The third-order valence-electron chi connectivity index (χ3n) is 4.22. The Morgan fingerprint density at radius 2 is 1.58 bits per heavy atom. The summed E-state index contributed by atoms with van der Waals surface area (Å²) in [5.41, 5.74) is 3.87. The van der Waals surface area contributed by atoms with E-state index in [0.29, 0.717) is 11.3 Å². The van der Waals surface area contributed by atoms with Crippen LogP contribution in [0.5, 0.6) is 0 Å². The zero-order chi connectivity index (χ0) is 16.1. The molecule has 0 atom stereocenters. The molecule has 0 aliphatic heterocycles. The summed E-state index contributed by atoms with van der Waals surface area (Å²) < 4.78 is 6.02. The van der Waals surface area contributed by atoms with E-state index in [1.165, 1.54) is 5.39 Å². The van der Waals surface area contributed by atoms with E-state index in [9.17, 15) is 0 Å². The third-order valence-corrected chi connectivity index (χ3v) is 4.38. The molecule has 0 bridgehead atoms. The van der Waals surface area contributed by atoms with E-state index in [0.717, 1.165) is 27.4 Å². The Labute approximate surface area is 142 Å². The maximum atomic E-state index is 6.19. The second-order valence-electron chi connectivity index (χ2n) is 5.68. The van der Waals surface area contributed by atoms with Gasteiger partial charge in [0.15, 0.2) is 5.58 Å². The van der Waals surface area contributed by atoms with Crippen LogP contribution in [0.1, 0.15) is 0 Å². The molecular formula is C20H11ClN2O. The molecule has 0 aliphatic carbocycles. The lowest BCUT2D eigenvalue weighted by Crippen LogP contribution is -1.89. The quantitative estimate of drug-likeness (QED) is 0.362. The van der Waals surface area contributed by atoms with E-state index in [4.69, 9.17) is 16.0 Å². The van der Waals surface area contributed by atoms with Gasteiger partial charge in [0.25, 0.3) is 0 Å². The standard InChI is InChI=1S/C20H11ClN2O/c21-20-22-17(14-10-9-12-5-1-2-6-13(12)11-14)19-18(23-20)15-7-3-4-8-16(15)24-19/h1-11H. The third kappa shape index (κ3) is 1.99. The molecule has 2 heterocycles. The highest BCUT2D eigenvalue weighted by Gasteiger charge is 2.16. The molecule has 0 N–H and O–H groups in total. The average molecular weight is 331 g/mol. The van der Waals surface area contributed by atoms with Crippen molar-refractivity contribution in [3.05, 3.63) is 72.0 Å². The SMILES string of the molecule is Clc1nc(-c2ccc3ccccc3c2)c2oc3ccccc3c2n1. The number of aromatic nitrogens is 2. The first-order valence-electron chi connectivity index (χ1n) is 7.63. The summed E-state index contributed by atoms with van der Waals surface area (Å²) in [6, 6.07) is 22.2. The Hall–Kier alpha value is -2.91. The minimum Gasteiger partial charge on any atom is -0.452 e. The van der Waals surface area contributed by atoms with Crippen LogP contribution < -0.4 is 0 Å². The van der Waals surface area contributed by atoms with Crippen molar-refractivity contribution in [2.45, 2.75) is 0 Å². The van der Waals surface area contributed by atoms with Crippen LogP contribution in [0.15, 0.2) is 71.1 Å². The summed E-state index contributed by atoms with van der Waals surface area (Å²) in [6.45, 7) is 0. The zero-order valence-corrected chi connectivity index (χ0v) is 13.3. The molecule has 0 fully saturated rings. The first-order chi connectivity index (χ1) is 11.8. The lowest BCUT2D eigenvalue weighted by atomic mass is 10.0. The summed E-state index contributed by atoms with van der Waals surface area (Å²) >= 11 is 6.19. The van der Waals surface area contributed by atoms with Crippen molar-refractivity contribution < 1.29 is 4.42 Å². The van der Waals surface area contributed by atoms with Crippen molar-refractivity contribution in [2.24, 2.45) is 0 Å². The summed E-state index contributed by atoms with van der Waals surface area (Å²) in [5.74, 6) is 0. The maximum Gasteiger partial charge on any atom is 0.223 e. The van der Waals surface area contributed by atoms with Gasteiger partial charge in [0, 0.05) is 10.9 Å². The minimum absolute atomic E-state index is 0.220. The van der Waals surface area contributed by atoms with Crippen LogP contribution in [0.25, 0.3) is 44.1 Å². The van der Waals surface area contributed by atoms with Crippen molar-refractivity contribution in [3.63, 3.8) is 0 Å². The summed E-state index contributed by atoms with van der Waals surface area (Å²) in [5, 5.41) is 3.49. The van der Waals surface area contributed by atoms with Gasteiger partial charge in [-0.15, -0.1) is 0 Å². The first kappa shape index (κ1) is 13.5. The van der Waals surface area contributed by atoms with E-state index in [-0.39, 0.29) is 5.28 Å². The van der Waals surface area contributed by atoms with Crippen molar-refractivity contribution in [2.75, 3.05) is 0 Å². The molecule has 0 saturated carbocycles. The summed E-state index contributed by atoms with van der Waals surface area (Å²) in [6.07, 6.45) is 0. The van der Waals surface area contributed by atoms with Gasteiger partial charge in [-0.25, -0.2) is 9.97 Å². The van der Waals surface area contributed by atoms with Crippen molar-refractivity contribution in [3.8, 4) is 11.3 Å². The molecule has 4 heteroatoms. The normalized spacial score (nSPS) is 11.5. The molecule has 5 rings (SSSR count). The number of halogens is 1. The van der Waals surface area contributed by atoms with E-state index < -0.39 is 0 Å². The molecular weight excluding hydrogens is 320 g/mol. The maximum absolute atomic E-state index is 6.19. The number of fused-ring (bicyclic) bond motifs is 4. The van der Waals surface area contributed by atoms with Crippen molar-refractivity contribution in [1.82, 2.24) is 9.97 Å². The molecule has 3 nitrogen and oxygen atoms in total. The van der Waals surface area contributed by atoms with Crippen LogP contribution >= 0.6 is 11.6 Å². The van der Waals surface area contributed by atoms with E-state index >= 15 is 0 Å². The van der Waals surface area contributed by atoms with Crippen LogP contribution in [-0.4, -0.2) is 9.97 Å². The number of furan rings is 1. The lowest BCUT2D eigenvalue weighted by molar-refractivity contribution is 0.667. The van der Waals surface area contributed by atoms with Gasteiger partial charge in [0.05, 0.1) is 0 Å². The van der Waals surface area contributed by atoms with Gasteiger partial charge in [0.1, 0.15) is 16.8 Å². The number of hydrogen-bond acceptors (Lipinski definition) is 3. The van der Waals surface area contributed by atoms with E-state index in [1.807, 2.05) is 42.5 Å².